The number of carbonyl (C=O) groups is 1. The fraction of sp³-hybridized carbons (Fsp3) is 0.500. The van der Waals surface area contributed by atoms with E-state index >= 15 is 0 Å². The lowest BCUT2D eigenvalue weighted by Crippen LogP contribution is -2.41. The predicted molar refractivity (Wildman–Crippen MR) is 86.9 cm³/mol. The Balaban J connectivity index is 1.41. The van der Waals surface area contributed by atoms with Crippen LogP contribution in [-0.2, 0) is 4.79 Å². The van der Waals surface area contributed by atoms with E-state index in [2.05, 4.69) is 29.3 Å². The molecule has 3 heterocycles. The van der Waals surface area contributed by atoms with Crippen molar-refractivity contribution >= 4 is 5.91 Å². The van der Waals surface area contributed by atoms with E-state index in [9.17, 15) is 4.79 Å². The number of rotatable bonds is 3. The zero-order chi connectivity index (χ0) is 15.8. The fourth-order valence-corrected chi connectivity index (χ4v) is 3.67. The molecule has 23 heavy (non-hydrogen) atoms. The third kappa shape index (κ3) is 2.87. The van der Waals surface area contributed by atoms with Gasteiger partial charge in [-0.2, -0.15) is 5.10 Å². The van der Waals surface area contributed by atoms with Crippen LogP contribution in [0.15, 0.2) is 36.9 Å². The number of amides is 1. The van der Waals surface area contributed by atoms with Gasteiger partial charge in [-0.15, -0.1) is 0 Å². The first-order valence-corrected chi connectivity index (χ1v) is 8.42. The minimum atomic E-state index is 0.150. The van der Waals surface area contributed by atoms with E-state index in [1.807, 2.05) is 28.0 Å². The first-order chi connectivity index (χ1) is 11.2. The van der Waals surface area contributed by atoms with E-state index in [0.29, 0.717) is 17.9 Å². The maximum atomic E-state index is 12.8. The van der Waals surface area contributed by atoms with Crippen LogP contribution in [0.1, 0.15) is 42.3 Å². The molecule has 0 N–H and O–H groups in total. The first kappa shape index (κ1) is 14.4. The van der Waals surface area contributed by atoms with Crippen molar-refractivity contribution in [1.82, 2.24) is 19.7 Å². The molecule has 2 aromatic heterocycles. The van der Waals surface area contributed by atoms with E-state index in [0.717, 1.165) is 32.4 Å². The van der Waals surface area contributed by atoms with Crippen molar-refractivity contribution in [3.63, 3.8) is 0 Å². The van der Waals surface area contributed by atoms with Gasteiger partial charge in [0.2, 0.25) is 5.91 Å². The lowest BCUT2D eigenvalue weighted by atomic mass is 10.0. The van der Waals surface area contributed by atoms with Gasteiger partial charge in [-0.1, -0.05) is 6.07 Å². The number of piperidine rings is 1. The summed E-state index contributed by atoms with van der Waals surface area (Å²) >= 11 is 0. The summed E-state index contributed by atoms with van der Waals surface area (Å²) in [5.74, 6) is 0.827. The van der Waals surface area contributed by atoms with Crippen LogP contribution >= 0.6 is 0 Å². The van der Waals surface area contributed by atoms with Crippen molar-refractivity contribution in [2.24, 2.45) is 5.92 Å². The van der Waals surface area contributed by atoms with Crippen molar-refractivity contribution in [2.45, 2.75) is 38.1 Å². The summed E-state index contributed by atoms with van der Waals surface area (Å²) in [6.45, 7) is 3.72. The molecule has 5 heteroatoms. The van der Waals surface area contributed by atoms with E-state index < -0.39 is 0 Å². The van der Waals surface area contributed by atoms with Gasteiger partial charge in [0.15, 0.2) is 0 Å². The second-order valence-electron chi connectivity index (χ2n) is 6.81. The Morgan fingerprint density at radius 1 is 1.35 bits per heavy atom. The summed E-state index contributed by atoms with van der Waals surface area (Å²) in [5, 5.41) is 4.43. The van der Waals surface area contributed by atoms with Gasteiger partial charge in [-0.05, 0) is 49.3 Å². The summed E-state index contributed by atoms with van der Waals surface area (Å²) in [5.41, 5.74) is 2.37. The predicted octanol–water partition coefficient (Wildman–Crippen LogP) is 2.55. The van der Waals surface area contributed by atoms with Crippen molar-refractivity contribution in [3.05, 3.63) is 48.0 Å². The highest BCUT2D eigenvalue weighted by atomic mass is 16.2. The van der Waals surface area contributed by atoms with Crippen LogP contribution in [0.2, 0.25) is 0 Å². The van der Waals surface area contributed by atoms with Gasteiger partial charge in [0, 0.05) is 37.6 Å². The highest BCUT2D eigenvalue weighted by Gasteiger charge is 2.46. The Hall–Kier alpha value is -2.17. The van der Waals surface area contributed by atoms with Crippen LogP contribution in [0.25, 0.3) is 0 Å². The van der Waals surface area contributed by atoms with Crippen molar-refractivity contribution in [2.75, 3.05) is 13.1 Å². The van der Waals surface area contributed by atoms with Crippen molar-refractivity contribution in [1.29, 1.82) is 0 Å². The molecule has 0 aromatic carbocycles. The number of aromatic nitrogens is 3. The van der Waals surface area contributed by atoms with E-state index in [1.165, 1.54) is 11.1 Å². The molecule has 5 nitrogen and oxygen atoms in total. The number of nitrogens with zero attached hydrogens (tertiary/aromatic N) is 4. The lowest BCUT2D eigenvalue weighted by Gasteiger charge is -2.33. The van der Waals surface area contributed by atoms with Gasteiger partial charge >= 0.3 is 0 Å². The summed E-state index contributed by atoms with van der Waals surface area (Å²) in [7, 11) is 0. The van der Waals surface area contributed by atoms with Crippen LogP contribution in [0.4, 0.5) is 0 Å². The standard InChI is InChI=1S/C18H22N4O/c1-13-9-20-22(11-13)15-5-3-7-21(12-15)18(23)17-8-16(17)14-4-2-6-19-10-14/h2,4,6,9-11,15-17H,3,5,7-8,12H2,1H3/t15-,16+,17+/m1/s1. The minimum absolute atomic E-state index is 0.150. The first-order valence-electron chi connectivity index (χ1n) is 8.42. The van der Waals surface area contributed by atoms with Crippen LogP contribution in [0, 0.1) is 12.8 Å². The summed E-state index contributed by atoms with van der Waals surface area (Å²) in [4.78, 5) is 19.0. The van der Waals surface area contributed by atoms with Crippen LogP contribution in [-0.4, -0.2) is 38.7 Å². The molecule has 1 aliphatic heterocycles. The normalized spacial score (nSPS) is 27.0. The summed E-state index contributed by atoms with van der Waals surface area (Å²) < 4.78 is 2.03. The second kappa shape index (κ2) is 5.80. The monoisotopic (exact) mass is 310 g/mol. The molecule has 1 amide bonds. The molecule has 0 spiro atoms. The molecular formula is C18H22N4O. The van der Waals surface area contributed by atoms with Crippen molar-refractivity contribution in [3.8, 4) is 0 Å². The maximum absolute atomic E-state index is 12.8. The molecule has 2 aromatic rings. The third-order valence-electron chi connectivity index (χ3n) is 5.03. The largest absolute Gasteiger partial charge is 0.340 e. The molecule has 2 fully saturated rings. The van der Waals surface area contributed by atoms with Crippen molar-refractivity contribution < 1.29 is 4.79 Å². The van der Waals surface area contributed by atoms with Crippen LogP contribution in [0.5, 0.6) is 0 Å². The number of hydrogen-bond donors (Lipinski definition) is 0. The van der Waals surface area contributed by atoms with Crippen LogP contribution in [0.3, 0.4) is 0 Å². The topological polar surface area (TPSA) is 51.0 Å². The SMILES string of the molecule is Cc1cnn([C@@H]2CCCN(C(=O)[C@H]3C[C@H]3c3cccnc3)C2)c1. The molecule has 4 rings (SSSR count). The van der Waals surface area contributed by atoms with Gasteiger partial charge in [0.05, 0.1) is 12.2 Å². The smallest absolute Gasteiger partial charge is 0.226 e. The van der Waals surface area contributed by atoms with Gasteiger partial charge in [-0.3, -0.25) is 14.5 Å². The Morgan fingerprint density at radius 3 is 3.00 bits per heavy atom. The maximum Gasteiger partial charge on any atom is 0.226 e. The number of pyridine rings is 1. The number of hydrogen-bond acceptors (Lipinski definition) is 3. The average molecular weight is 310 g/mol. The highest BCUT2D eigenvalue weighted by molar-refractivity contribution is 5.83. The second-order valence-corrected chi connectivity index (χ2v) is 6.81. The summed E-state index contributed by atoms with van der Waals surface area (Å²) in [6.07, 6.45) is 10.8. The molecule has 1 saturated heterocycles. The molecule has 0 bridgehead atoms. The quantitative estimate of drug-likeness (QED) is 0.875. The molecule has 120 valence electrons. The fourth-order valence-electron chi connectivity index (χ4n) is 3.67. The van der Waals surface area contributed by atoms with E-state index in [1.54, 1.807) is 6.20 Å². The van der Waals surface area contributed by atoms with Gasteiger partial charge in [-0.25, -0.2) is 0 Å². The molecule has 3 atom stereocenters. The molecular weight excluding hydrogens is 288 g/mol. The van der Waals surface area contributed by atoms with E-state index in [-0.39, 0.29) is 5.92 Å². The molecule has 2 aliphatic rings. The highest BCUT2D eigenvalue weighted by Crippen LogP contribution is 2.48. The Bertz CT molecular complexity index is 696. The van der Waals surface area contributed by atoms with E-state index in [4.69, 9.17) is 0 Å². The zero-order valence-corrected chi connectivity index (χ0v) is 13.4. The zero-order valence-electron chi connectivity index (χ0n) is 13.4. The average Bonchev–Trinajstić information content (AvgIpc) is 3.29. The lowest BCUT2D eigenvalue weighted by molar-refractivity contribution is -0.134. The third-order valence-corrected chi connectivity index (χ3v) is 5.03. The molecule has 1 aliphatic carbocycles. The van der Waals surface area contributed by atoms with Gasteiger partial charge in [0.1, 0.15) is 0 Å². The van der Waals surface area contributed by atoms with Crippen LogP contribution < -0.4 is 0 Å². The Labute approximate surface area is 136 Å². The number of likely N-dealkylation sites (tertiary alicyclic amines) is 1. The summed E-state index contributed by atoms with van der Waals surface area (Å²) in [6, 6.07) is 4.35. The molecule has 0 unspecified atom stereocenters. The molecule has 1 saturated carbocycles. The number of carbonyl (C=O) groups excluding carboxylic acids is 1. The molecule has 0 radical (unpaired) electrons. The van der Waals surface area contributed by atoms with Gasteiger partial charge in [0.25, 0.3) is 0 Å². The minimum Gasteiger partial charge on any atom is -0.340 e. The Kier molecular flexibility index (Phi) is 3.63. The number of aryl methyl sites for hydroxylation is 1. The Morgan fingerprint density at radius 2 is 2.26 bits per heavy atom. The van der Waals surface area contributed by atoms with Gasteiger partial charge < -0.3 is 4.90 Å².